The van der Waals surface area contributed by atoms with Gasteiger partial charge in [0.25, 0.3) is 0 Å². The van der Waals surface area contributed by atoms with Crippen LogP contribution in [0, 0.1) is 5.92 Å². The minimum absolute atomic E-state index is 0.741. The second-order valence-electron chi connectivity index (χ2n) is 4.82. The number of hydrogen-bond donors (Lipinski definition) is 1. The predicted octanol–water partition coefficient (Wildman–Crippen LogP) is 2.97. The highest BCUT2D eigenvalue weighted by molar-refractivity contribution is 4.77. The highest BCUT2D eigenvalue weighted by Gasteiger charge is 2.21. The molecule has 1 unspecified atom stereocenters. The van der Waals surface area contributed by atoms with Crippen LogP contribution in [0.2, 0.25) is 0 Å². The Hall–Kier alpha value is -0.0800. The Kier molecular flexibility index (Phi) is 7.03. The summed E-state index contributed by atoms with van der Waals surface area (Å²) in [6.45, 7) is 4.32. The van der Waals surface area contributed by atoms with Crippen molar-refractivity contribution in [2.24, 2.45) is 5.92 Å². The van der Waals surface area contributed by atoms with Crippen molar-refractivity contribution in [3.63, 3.8) is 0 Å². The Bertz CT molecular complexity index is 145. The molecule has 15 heavy (non-hydrogen) atoms. The van der Waals surface area contributed by atoms with Crippen LogP contribution in [0.25, 0.3) is 0 Å². The summed E-state index contributed by atoms with van der Waals surface area (Å²) in [6, 6.07) is 0.741. The lowest BCUT2D eigenvalue weighted by Crippen LogP contribution is -2.33. The van der Waals surface area contributed by atoms with Gasteiger partial charge in [-0.1, -0.05) is 26.2 Å². The van der Waals surface area contributed by atoms with E-state index in [1.54, 1.807) is 7.11 Å². The zero-order valence-electron chi connectivity index (χ0n) is 10.4. The van der Waals surface area contributed by atoms with E-state index in [9.17, 15) is 0 Å². The normalized spacial score (nSPS) is 18.8. The molecule has 0 aromatic heterocycles. The first-order valence-corrected chi connectivity index (χ1v) is 6.59. The van der Waals surface area contributed by atoms with E-state index in [1.807, 2.05) is 0 Å². The van der Waals surface area contributed by atoms with Crippen molar-refractivity contribution in [1.29, 1.82) is 0 Å². The number of ether oxygens (including phenoxy) is 1. The van der Waals surface area contributed by atoms with Crippen molar-refractivity contribution in [2.75, 3.05) is 20.3 Å². The van der Waals surface area contributed by atoms with Gasteiger partial charge < -0.3 is 10.1 Å². The zero-order chi connectivity index (χ0) is 10.9. The van der Waals surface area contributed by atoms with Gasteiger partial charge in [-0.25, -0.2) is 0 Å². The van der Waals surface area contributed by atoms with Crippen molar-refractivity contribution >= 4 is 0 Å². The van der Waals surface area contributed by atoms with Gasteiger partial charge >= 0.3 is 0 Å². The van der Waals surface area contributed by atoms with Gasteiger partial charge in [-0.05, 0) is 38.1 Å². The van der Waals surface area contributed by atoms with E-state index in [0.29, 0.717) is 0 Å². The van der Waals surface area contributed by atoms with E-state index in [1.165, 1.54) is 51.5 Å². The number of hydrogen-bond acceptors (Lipinski definition) is 2. The van der Waals surface area contributed by atoms with E-state index in [-0.39, 0.29) is 0 Å². The first kappa shape index (κ1) is 13.0. The van der Waals surface area contributed by atoms with Crippen LogP contribution in [0.4, 0.5) is 0 Å². The lowest BCUT2D eigenvalue weighted by Gasteiger charge is -2.30. The third-order valence-electron chi connectivity index (χ3n) is 3.43. The van der Waals surface area contributed by atoms with Crippen LogP contribution >= 0.6 is 0 Å². The molecule has 2 nitrogen and oxygen atoms in total. The van der Waals surface area contributed by atoms with Crippen LogP contribution in [-0.2, 0) is 4.74 Å². The van der Waals surface area contributed by atoms with Crippen molar-refractivity contribution in [1.82, 2.24) is 5.32 Å². The van der Waals surface area contributed by atoms with Crippen molar-refractivity contribution in [3.8, 4) is 0 Å². The molecule has 90 valence electrons. The molecule has 0 aliphatic heterocycles. The Morgan fingerprint density at radius 1 is 1.40 bits per heavy atom. The molecule has 1 fully saturated rings. The fraction of sp³-hybridized carbons (Fsp3) is 1.00. The van der Waals surface area contributed by atoms with Gasteiger partial charge in [0.15, 0.2) is 0 Å². The molecule has 0 bridgehead atoms. The van der Waals surface area contributed by atoms with E-state index < -0.39 is 0 Å². The molecule has 0 aromatic carbocycles. The molecule has 1 aliphatic rings. The van der Waals surface area contributed by atoms with Crippen molar-refractivity contribution in [2.45, 2.75) is 57.9 Å². The standard InChI is InChI=1S/C13H27NO/c1-3-9-14-13(8-5-10-15-2)11-12-6-4-7-12/h12-14H,3-11H2,1-2H3. The van der Waals surface area contributed by atoms with Crippen LogP contribution in [0.1, 0.15) is 51.9 Å². The Morgan fingerprint density at radius 3 is 2.73 bits per heavy atom. The second kappa shape index (κ2) is 8.12. The smallest absolute Gasteiger partial charge is 0.0462 e. The summed E-state index contributed by atoms with van der Waals surface area (Å²) in [7, 11) is 1.79. The Labute approximate surface area is 94.8 Å². The average molecular weight is 213 g/mol. The van der Waals surface area contributed by atoms with Gasteiger partial charge in [-0.2, -0.15) is 0 Å². The van der Waals surface area contributed by atoms with Gasteiger partial charge in [0, 0.05) is 19.8 Å². The van der Waals surface area contributed by atoms with Crippen molar-refractivity contribution in [3.05, 3.63) is 0 Å². The van der Waals surface area contributed by atoms with Crippen LogP contribution in [0.3, 0.4) is 0 Å². The minimum atomic E-state index is 0.741. The van der Waals surface area contributed by atoms with E-state index in [4.69, 9.17) is 4.74 Å². The molecule has 0 aromatic rings. The highest BCUT2D eigenvalue weighted by atomic mass is 16.5. The predicted molar refractivity (Wildman–Crippen MR) is 65.1 cm³/mol. The topological polar surface area (TPSA) is 21.3 Å². The summed E-state index contributed by atoms with van der Waals surface area (Å²) in [4.78, 5) is 0. The molecule has 0 saturated heterocycles. The van der Waals surface area contributed by atoms with E-state index >= 15 is 0 Å². The molecule has 1 saturated carbocycles. The molecule has 0 amide bonds. The summed E-state index contributed by atoms with van der Waals surface area (Å²) in [5.74, 6) is 1.02. The molecule has 0 heterocycles. The largest absolute Gasteiger partial charge is 0.385 e. The van der Waals surface area contributed by atoms with Crippen LogP contribution < -0.4 is 5.32 Å². The Morgan fingerprint density at radius 2 is 2.20 bits per heavy atom. The monoisotopic (exact) mass is 213 g/mol. The summed E-state index contributed by atoms with van der Waals surface area (Å²) in [5, 5.41) is 3.67. The minimum Gasteiger partial charge on any atom is -0.385 e. The van der Waals surface area contributed by atoms with Gasteiger partial charge in [-0.3, -0.25) is 0 Å². The Balaban J connectivity index is 2.11. The SMILES string of the molecule is CCCNC(CCCOC)CC1CCC1. The molecule has 2 heteroatoms. The first-order chi connectivity index (χ1) is 7.36. The highest BCUT2D eigenvalue weighted by Crippen LogP contribution is 2.31. The molecule has 1 N–H and O–H groups in total. The number of methoxy groups -OCH3 is 1. The molecular formula is C13H27NO. The third kappa shape index (κ3) is 5.53. The lowest BCUT2D eigenvalue weighted by molar-refractivity contribution is 0.182. The average Bonchev–Trinajstić information content (AvgIpc) is 2.19. The first-order valence-electron chi connectivity index (χ1n) is 6.59. The third-order valence-corrected chi connectivity index (χ3v) is 3.43. The summed E-state index contributed by atoms with van der Waals surface area (Å²) in [6.07, 6.45) is 9.51. The van der Waals surface area contributed by atoms with E-state index in [2.05, 4.69) is 12.2 Å². The van der Waals surface area contributed by atoms with Gasteiger partial charge in [0.1, 0.15) is 0 Å². The maximum absolute atomic E-state index is 5.11. The van der Waals surface area contributed by atoms with Gasteiger partial charge in [-0.15, -0.1) is 0 Å². The molecule has 0 radical (unpaired) electrons. The zero-order valence-corrected chi connectivity index (χ0v) is 10.4. The lowest BCUT2D eigenvalue weighted by atomic mass is 9.80. The summed E-state index contributed by atoms with van der Waals surface area (Å²) < 4.78 is 5.11. The summed E-state index contributed by atoms with van der Waals surface area (Å²) >= 11 is 0. The quantitative estimate of drug-likeness (QED) is 0.595. The van der Waals surface area contributed by atoms with Crippen LogP contribution in [0.15, 0.2) is 0 Å². The maximum atomic E-state index is 5.11. The number of nitrogens with one attached hydrogen (secondary N) is 1. The number of rotatable bonds is 9. The molecule has 1 rings (SSSR count). The van der Waals surface area contributed by atoms with Crippen LogP contribution in [-0.4, -0.2) is 26.3 Å². The fourth-order valence-corrected chi connectivity index (χ4v) is 2.26. The van der Waals surface area contributed by atoms with Gasteiger partial charge in [0.05, 0.1) is 0 Å². The fourth-order valence-electron chi connectivity index (χ4n) is 2.26. The molecule has 1 aliphatic carbocycles. The van der Waals surface area contributed by atoms with Crippen LogP contribution in [0.5, 0.6) is 0 Å². The van der Waals surface area contributed by atoms with E-state index in [0.717, 1.165) is 18.6 Å². The molecule has 0 spiro atoms. The molecular weight excluding hydrogens is 186 g/mol. The van der Waals surface area contributed by atoms with Gasteiger partial charge in [0.2, 0.25) is 0 Å². The second-order valence-corrected chi connectivity index (χ2v) is 4.82. The maximum Gasteiger partial charge on any atom is 0.0462 e. The van der Waals surface area contributed by atoms with Crippen molar-refractivity contribution < 1.29 is 4.74 Å². The summed E-state index contributed by atoms with van der Waals surface area (Å²) in [5.41, 5.74) is 0. The molecule has 1 atom stereocenters.